The van der Waals surface area contributed by atoms with Crippen LogP contribution in [0, 0.1) is 11.7 Å². The summed E-state index contributed by atoms with van der Waals surface area (Å²) in [5.41, 5.74) is 2.34. The molecule has 0 bridgehead atoms. The molecule has 1 aliphatic heterocycles. The SMILES string of the molecule is O=C(Nc1ccc(Br)cc1)C1CCN(c2ccc(-c3ccc(F)cc3)nn2)CC1. The Bertz CT molecular complexity index is 969. The fourth-order valence-electron chi connectivity index (χ4n) is 3.42. The molecular formula is C22H20BrFN4O. The lowest BCUT2D eigenvalue weighted by Crippen LogP contribution is -2.38. The smallest absolute Gasteiger partial charge is 0.227 e. The van der Waals surface area contributed by atoms with Gasteiger partial charge in [0, 0.05) is 34.7 Å². The van der Waals surface area contributed by atoms with Crippen molar-refractivity contribution in [2.45, 2.75) is 12.8 Å². The number of rotatable bonds is 4. The summed E-state index contributed by atoms with van der Waals surface area (Å²) >= 11 is 3.39. The maximum Gasteiger partial charge on any atom is 0.227 e. The van der Waals surface area contributed by atoms with E-state index in [-0.39, 0.29) is 17.6 Å². The number of carbonyl (C=O) groups excluding carboxylic acids is 1. The van der Waals surface area contributed by atoms with E-state index in [0.717, 1.165) is 47.5 Å². The maximum atomic E-state index is 13.1. The number of aromatic nitrogens is 2. The van der Waals surface area contributed by atoms with Gasteiger partial charge in [-0.05, 0) is 73.5 Å². The van der Waals surface area contributed by atoms with Gasteiger partial charge in [0.1, 0.15) is 5.82 Å². The van der Waals surface area contributed by atoms with Crippen molar-refractivity contribution < 1.29 is 9.18 Å². The molecule has 0 saturated carbocycles. The highest BCUT2D eigenvalue weighted by Gasteiger charge is 2.26. The molecule has 29 heavy (non-hydrogen) atoms. The molecule has 2 aromatic carbocycles. The van der Waals surface area contributed by atoms with Gasteiger partial charge >= 0.3 is 0 Å². The molecule has 0 spiro atoms. The van der Waals surface area contributed by atoms with Crippen LogP contribution in [0.3, 0.4) is 0 Å². The molecule has 1 aromatic heterocycles. The Morgan fingerprint density at radius 2 is 1.66 bits per heavy atom. The van der Waals surface area contributed by atoms with Gasteiger partial charge in [-0.2, -0.15) is 0 Å². The Balaban J connectivity index is 1.33. The number of anilines is 2. The lowest BCUT2D eigenvalue weighted by molar-refractivity contribution is -0.120. The highest BCUT2D eigenvalue weighted by molar-refractivity contribution is 9.10. The summed E-state index contributed by atoms with van der Waals surface area (Å²) < 4.78 is 14.0. The van der Waals surface area contributed by atoms with Crippen LogP contribution in [-0.4, -0.2) is 29.2 Å². The van der Waals surface area contributed by atoms with E-state index >= 15 is 0 Å². The van der Waals surface area contributed by atoms with Crippen LogP contribution in [0.5, 0.6) is 0 Å². The summed E-state index contributed by atoms with van der Waals surface area (Å²) in [5.74, 6) is 0.569. The van der Waals surface area contributed by atoms with Crippen molar-refractivity contribution in [2.75, 3.05) is 23.3 Å². The van der Waals surface area contributed by atoms with Gasteiger partial charge in [0.15, 0.2) is 5.82 Å². The van der Waals surface area contributed by atoms with Gasteiger partial charge in [0.2, 0.25) is 5.91 Å². The number of benzene rings is 2. The second-order valence-electron chi connectivity index (χ2n) is 7.04. The zero-order valence-electron chi connectivity index (χ0n) is 15.7. The van der Waals surface area contributed by atoms with Crippen LogP contribution in [0.4, 0.5) is 15.9 Å². The van der Waals surface area contributed by atoms with E-state index in [1.165, 1.54) is 12.1 Å². The highest BCUT2D eigenvalue weighted by Crippen LogP contribution is 2.25. The van der Waals surface area contributed by atoms with Crippen molar-refractivity contribution >= 4 is 33.3 Å². The molecule has 0 aliphatic carbocycles. The molecule has 0 radical (unpaired) electrons. The molecule has 1 saturated heterocycles. The molecule has 1 aliphatic rings. The second kappa shape index (κ2) is 8.69. The van der Waals surface area contributed by atoms with Crippen molar-refractivity contribution in [3.63, 3.8) is 0 Å². The summed E-state index contributed by atoms with van der Waals surface area (Å²) in [6, 6.07) is 17.6. The van der Waals surface area contributed by atoms with E-state index in [1.54, 1.807) is 12.1 Å². The van der Waals surface area contributed by atoms with Crippen molar-refractivity contribution in [1.29, 1.82) is 0 Å². The van der Waals surface area contributed by atoms with Gasteiger partial charge in [-0.15, -0.1) is 10.2 Å². The third kappa shape index (κ3) is 4.79. The Morgan fingerprint density at radius 3 is 2.28 bits per heavy atom. The maximum absolute atomic E-state index is 13.1. The second-order valence-corrected chi connectivity index (χ2v) is 7.96. The molecule has 0 unspecified atom stereocenters. The predicted molar refractivity (Wildman–Crippen MR) is 115 cm³/mol. The first kappa shape index (κ1) is 19.5. The van der Waals surface area contributed by atoms with E-state index in [9.17, 15) is 9.18 Å². The lowest BCUT2D eigenvalue weighted by atomic mass is 9.96. The predicted octanol–water partition coefficient (Wildman–Crippen LogP) is 4.90. The van der Waals surface area contributed by atoms with Gasteiger partial charge in [0.25, 0.3) is 0 Å². The summed E-state index contributed by atoms with van der Waals surface area (Å²) in [6.45, 7) is 1.51. The molecule has 1 amide bonds. The van der Waals surface area contributed by atoms with E-state index in [1.807, 2.05) is 36.4 Å². The topological polar surface area (TPSA) is 58.1 Å². The number of nitrogens with one attached hydrogen (secondary N) is 1. The zero-order valence-corrected chi connectivity index (χ0v) is 17.3. The van der Waals surface area contributed by atoms with Crippen molar-refractivity contribution in [3.8, 4) is 11.3 Å². The van der Waals surface area contributed by atoms with Gasteiger partial charge in [-0.1, -0.05) is 15.9 Å². The summed E-state index contributed by atoms with van der Waals surface area (Å²) in [7, 11) is 0. The number of amides is 1. The summed E-state index contributed by atoms with van der Waals surface area (Å²) in [4.78, 5) is 14.7. The number of piperidine rings is 1. The Labute approximate surface area is 177 Å². The third-order valence-corrected chi connectivity index (χ3v) is 5.62. The van der Waals surface area contributed by atoms with Crippen LogP contribution >= 0.6 is 15.9 Å². The average molecular weight is 455 g/mol. The third-order valence-electron chi connectivity index (χ3n) is 5.09. The number of carbonyl (C=O) groups is 1. The van der Waals surface area contributed by atoms with Crippen LogP contribution in [0.1, 0.15) is 12.8 Å². The van der Waals surface area contributed by atoms with Gasteiger partial charge in [0.05, 0.1) is 5.69 Å². The first-order chi connectivity index (χ1) is 14.1. The van der Waals surface area contributed by atoms with Crippen molar-refractivity contribution in [3.05, 3.63) is 71.0 Å². The van der Waals surface area contributed by atoms with Crippen LogP contribution in [0.25, 0.3) is 11.3 Å². The Kier molecular flexibility index (Phi) is 5.85. The van der Waals surface area contributed by atoms with Crippen LogP contribution in [0.15, 0.2) is 65.1 Å². The van der Waals surface area contributed by atoms with Crippen molar-refractivity contribution in [1.82, 2.24) is 10.2 Å². The Hall–Kier alpha value is -2.80. The molecule has 7 heteroatoms. The number of halogens is 2. The van der Waals surface area contributed by atoms with Crippen molar-refractivity contribution in [2.24, 2.45) is 5.92 Å². The fraction of sp³-hybridized carbons (Fsp3) is 0.227. The minimum Gasteiger partial charge on any atom is -0.355 e. The van der Waals surface area contributed by atoms with Crippen LogP contribution in [0.2, 0.25) is 0 Å². The normalized spacial score (nSPS) is 14.6. The number of nitrogens with zero attached hydrogens (tertiary/aromatic N) is 3. The van der Waals surface area contributed by atoms with Gasteiger partial charge in [-0.25, -0.2) is 4.39 Å². The Morgan fingerprint density at radius 1 is 0.966 bits per heavy atom. The summed E-state index contributed by atoms with van der Waals surface area (Å²) in [5, 5.41) is 11.6. The quantitative estimate of drug-likeness (QED) is 0.608. The van der Waals surface area contributed by atoms with E-state index in [0.29, 0.717) is 5.69 Å². The molecule has 1 N–H and O–H groups in total. The average Bonchev–Trinajstić information content (AvgIpc) is 2.76. The lowest BCUT2D eigenvalue weighted by Gasteiger charge is -2.31. The van der Waals surface area contributed by atoms with Crippen LogP contribution < -0.4 is 10.2 Å². The van der Waals surface area contributed by atoms with E-state index in [2.05, 4.69) is 36.3 Å². The first-order valence-corrected chi connectivity index (χ1v) is 10.3. The first-order valence-electron chi connectivity index (χ1n) is 9.49. The summed E-state index contributed by atoms with van der Waals surface area (Å²) in [6.07, 6.45) is 1.54. The molecule has 1 fully saturated rings. The molecule has 0 atom stereocenters. The molecular weight excluding hydrogens is 435 g/mol. The number of hydrogen-bond acceptors (Lipinski definition) is 4. The van der Waals surface area contributed by atoms with Gasteiger partial charge in [-0.3, -0.25) is 4.79 Å². The number of hydrogen-bond donors (Lipinski definition) is 1. The van der Waals surface area contributed by atoms with E-state index in [4.69, 9.17) is 0 Å². The van der Waals surface area contributed by atoms with Gasteiger partial charge < -0.3 is 10.2 Å². The fourth-order valence-corrected chi connectivity index (χ4v) is 3.68. The molecule has 3 aromatic rings. The zero-order chi connectivity index (χ0) is 20.2. The monoisotopic (exact) mass is 454 g/mol. The molecule has 148 valence electrons. The molecule has 4 rings (SSSR count). The van der Waals surface area contributed by atoms with Crippen LogP contribution in [-0.2, 0) is 4.79 Å². The largest absolute Gasteiger partial charge is 0.355 e. The standard InChI is InChI=1S/C22H20BrFN4O/c23-17-3-7-19(8-4-17)25-22(29)16-11-13-28(14-12-16)21-10-9-20(26-27-21)15-1-5-18(24)6-2-15/h1-10,16H,11-14H2,(H,25,29). The van der Waals surface area contributed by atoms with E-state index < -0.39 is 0 Å². The minimum atomic E-state index is -0.273. The highest BCUT2D eigenvalue weighted by atomic mass is 79.9. The molecule has 5 nitrogen and oxygen atoms in total. The minimum absolute atomic E-state index is 0.0126. The molecule has 2 heterocycles.